The Labute approximate surface area is 356 Å². The van der Waals surface area contributed by atoms with E-state index in [2.05, 4.69) is 20.4 Å². The summed E-state index contributed by atoms with van der Waals surface area (Å²) in [4.78, 5) is 49.1. The standard InChI is InChI=1S/C26H36O7.C21H30O6/c1-5-16-31-24(27)15-9-13-21-17-23(32-18-29-3)19(2)10-6-7-11-20-12-8-14-22(30-4)25(20)26(28)33-21;1-15-7-4-5-8-16-9-6-10-18(25-3)20(16)21(23)27-17(11-12-22)13-19(15)26-14-24-2/h5,8-9,12,14-15,19,21,23H,1,6-7,10-11,13,16-18H2,2-4H3;6,9-10,12,15,17,19H,4-5,7-8,11,13-14H2,1-3H3/b15-9+;/t19-,21?,23+;15-,17?,19+/m00/s1. The maximum Gasteiger partial charge on any atom is 0.342 e. The lowest BCUT2D eigenvalue weighted by atomic mass is 9.91. The van der Waals surface area contributed by atoms with Gasteiger partial charge in [0.05, 0.1) is 26.4 Å². The second-order valence-corrected chi connectivity index (χ2v) is 15.1. The van der Waals surface area contributed by atoms with Crippen LogP contribution in [-0.4, -0.2) is 97.2 Å². The first-order valence-electron chi connectivity index (χ1n) is 20.9. The predicted octanol–water partition coefficient (Wildman–Crippen LogP) is 8.19. The number of carbonyl (C=O) groups excluding carboxylic acids is 4. The molecule has 0 aliphatic carbocycles. The summed E-state index contributed by atoms with van der Waals surface area (Å²) in [5, 5.41) is 0. The third-order valence-electron chi connectivity index (χ3n) is 10.7. The van der Waals surface area contributed by atoms with Crippen molar-refractivity contribution in [2.24, 2.45) is 11.8 Å². The van der Waals surface area contributed by atoms with Crippen LogP contribution in [0, 0.1) is 11.8 Å². The Hall–Kier alpha value is -4.56. The summed E-state index contributed by atoms with van der Waals surface area (Å²) in [7, 11) is 6.24. The smallest absolute Gasteiger partial charge is 0.342 e. The van der Waals surface area contributed by atoms with Crippen LogP contribution in [0.4, 0.5) is 0 Å². The van der Waals surface area contributed by atoms with Crippen molar-refractivity contribution in [1.29, 1.82) is 0 Å². The van der Waals surface area contributed by atoms with E-state index in [0.717, 1.165) is 68.8 Å². The number of aldehydes is 1. The van der Waals surface area contributed by atoms with Gasteiger partial charge in [0.1, 0.15) is 61.3 Å². The molecule has 0 saturated heterocycles. The number of cyclic esters (lactones) is 2. The van der Waals surface area contributed by atoms with Crippen molar-refractivity contribution in [3.8, 4) is 11.5 Å². The second-order valence-electron chi connectivity index (χ2n) is 15.1. The molecule has 60 heavy (non-hydrogen) atoms. The third-order valence-corrected chi connectivity index (χ3v) is 10.7. The second kappa shape index (κ2) is 28.1. The Morgan fingerprint density at radius 2 is 1.22 bits per heavy atom. The average Bonchev–Trinajstić information content (AvgIpc) is 3.24. The van der Waals surface area contributed by atoms with Crippen LogP contribution >= 0.6 is 0 Å². The normalized spacial score (nSPS) is 22.9. The zero-order valence-electron chi connectivity index (χ0n) is 36.4. The number of aryl methyl sites for hydroxylation is 2. The SMILES string of the molecule is C=CCOC(=O)/C=C/CC1C[C@@H](OCOC)[C@@H](C)CCCCc2cccc(OC)c2C(=O)O1.COCO[C@@H]1CC(CC=O)OC(=O)c2c(cccc2OC)CCCC[C@@H]1C. The van der Waals surface area contributed by atoms with Crippen molar-refractivity contribution in [3.63, 3.8) is 0 Å². The van der Waals surface area contributed by atoms with Crippen LogP contribution in [0.25, 0.3) is 0 Å². The number of methoxy groups -OCH3 is 4. The van der Waals surface area contributed by atoms with E-state index in [1.165, 1.54) is 19.3 Å². The van der Waals surface area contributed by atoms with Crippen molar-refractivity contribution < 1.29 is 61.8 Å². The predicted molar refractivity (Wildman–Crippen MR) is 226 cm³/mol. The lowest BCUT2D eigenvalue weighted by Gasteiger charge is -2.29. The molecule has 4 rings (SSSR count). The number of ether oxygens (including phenoxy) is 9. The Bertz CT molecular complexity index is 1660. The molecule has 0 amide bonds. The van der Waals surface area contributed by atoms with Gasteiger partial charge in [-0.2, -0.15) is 0 Å². The van der Waals surface area contributed by atoms with Gasteiger partial charge in [-0.15, -0.1) is 0 Å². The van der Waals surface area contributed by atoms with Crippen LogP contribution < -0.4 is 9.47 Å². The number of rotatable bonds is 15. The number of esters is 3. The van der Waals surface area contributed by atoms with Gasteiger partial charge in [-0.05, 0) is 73.6 Å². The molecule has 2 aromatic rings. The van der Waals surface area contributed by atoms with E-state index in [-0.39, 0.29) is 50.7 Å². The minimum absolute atomic E-state index is 0.135. The minimum Gasteiger partial charge on any atom is -0.496 e. The Balaban J connectivity index is 0.000000327. The van der Waals surface area contributed by atoms with E-state index in [0.29, 0.717) is 41.9 Å². The van der Waals surface area contributed by atoms with Crippen molar-refractivity contribution in [2.75, 3.05) is 48.6 Å². The molecule has 2 unspecified atom stereocenters. The lowest BCUT2D eigenvalue weighted by molar-refractivity contribution is -0.136. The van der Waals surface area contributed by atoms with E-state index >= 15 is 0 Å². The molecule has 332 valence electrons. The van der Waals surface area contributed by atoms with E-state index in [9.17, 15) is 19.2 Å². The van der Waals surface area contributed by atoms with Gasteiger partial charge in [0.2, 0.25) is 0 Å². The van der Waals surface area contributed by atoms with Gasteiger partial charge in [0.25, 0.3) is 0 Å². The molecule has 0 radical (unpaired) electrons. The summed E-state index contributed by atoms with van der Waals surface area (Å²) in [6.07, 6.45) is 12.8. The first kappa shape index (κ1) is 49.8. The number of carbonyl (C=O) groups is 4. The molecule has 2 aromatic carbocycles. The van der Waals surface area contributed by atoms with Crippen molar-refractivity contribution in [1.82, 2.24) is 0 Å². The molecular formula is C47H66O13. The monoisotopic (exact) mass is 838 g/mol. The third kappa shape index (κ3) is 16.5. The van der Waals surface area contributed by atoms with Gasteiger partial charge in [-0.3, -0.25) is 0 Å². The molecule has 0 saturated carbocycles. The van der Waals surface area contributed by atoms with Crippen LogP contribution in [0.3, 0.4) is 0 Å². The molecule has 0 N–H and O–H groups in total. The fourth-order valence-corrected chi connectivity index (χ4v) is 7.49. The van der Waals surface area contributed by atoms with Gasteiger partial charge in [-0.25, -0.2) is 14.4 Å². The Morgan fingerprint density at radius 1 is 0.733 bits per heavy atom. The largest absolute Gasteiger partial charge is 0.496 e. The van der Waals surface area contributed by atoms with E-state index in [1.807, 2.05) is 24.3 Å². The molecule has 13 nitrogen and oxygen atoms in total. The van der Waals surface area contributed by atoms with Gasteiger partial charge >= 0.3 is 17.9 Å². The summed E-state index contributed by atoms with van der Waals surface area (Å²) in [6, 6.07) is 11.2. The van der Waals surface area contributed by atoms with Crippen LogP contribution in [0.1, 0.15) is 110 Å². The van der Waals surface area contributed by atoms with Crippen LogP contribution in [0.5, 0.6) is 11.5 Å². The van der Waals surface area contributed by atoms with Crippen molar-refractivity contribution in [3.05, 3.63) is 83.5 Å². The summed E-state index contributed by atoms with van der Waals surface area (Å²) in [5.74, 6) is 0.172. The molecule has 2 aliphatic rings. The maximum atomic E-state index is 13.3. The molecule has 0 spiro atoms. The quantitative estimate of drug-likeness (QED) is 0.0424. The zero-order valence-corrected chi connectivity index (χ0v) is 36.4. The van der Waals surface area contributed by atoms with E-state index < -0.39 is 30.1 Å². The molecule has 0 aromatic heterocycles. The van der Waals surface area contributed by atoms with Gasteiger partial charge in [-0.1, -0.05) is 69.7 Å². The van der Waals surface area contributed by atoms with E-state index in [4.69, 9.17) is 42.6 Å². The zero-order chi connectivity index (χ0) is 43.7. The van der Waals surface area contributed by atoms with Crippen LogP contribution in [0.15, 0.2) is 61.2 Å². The summed E-state index contributed by atoms with van der Waals surface area (Å²) >= 11 is 0. The highest BCUT2D eigenvalue weighted by Crippen LogP contribution is 2.31. The summed E-state index contributed by atoms with van der Waals surface area (Å²) < 4.78 is 49.4. The van der Waals surface area contributed by atoms with E-state index in [1.54, 1.807) is 39.5 Å². The fraction of sp³-hybridized carbons (Fsp3) is 0.574. The molecule has 6 atom stereocenters. The Morgan fingerprint density at radius 3 is 1.65 bits per heavy atom. The number of fused-ring (bicyclic) bond motifs is 2. The topological polar surface area (TPSA) is 151 Å². The van der Waals surface area contributed by atoms with Crippen molar-refractivity contribution >= 4 is 24.2 Å². The van der Waals surface area contributed by atoms with Gasteiger partial charge < -0.3 is 47.4 Å². The first-order chi connectivity index (χ1) is 29.1. The van der Waals surface area contributed by atoms with Crippen LogP contribution in [0.2, 0.25) is 0 Å². The minimum atomic E-state index is -0.545. The lowest BCUT2D eigenvalue weighted by Crippen LogP contribution is -2.31. The molecule has 0 fully saturated rings. The summed E-state index contributed by atoms with van der Waals surface area (Å²) in [5.41, 5.74) is 2.76. The molecule has 2 heterocycles. The number of hydrogen-bond acceptors (Lipinski definition) is 13. The summed E-state index contributed by atoms with van der Waals surface area (Å²) in [6.45, 7) is 8.27. The number of hydrogen-bond donors (Lipinski definition) is 0. The highest BCUT2D eigenvalue weighted by molar-refractivity contribution is 5.95. The highest BCUT2D eigenvalue weighted by Gasteiger charge is 2.30. The van der Waals surface area contributed by atoms with Gasteiger partial charge in [0, 0.05) is 46.0 Å². The molecule has 13 heteroatoms. The van der Waals surface area contributed by atoms with Gasteiger partial charge in [0.15, 0.2) is 0 Å². The maximum absolute atomic E-state index is 13.3. The first-order valence-corrected chi connectivity index (χ1v) is 20.9. The Kier molecular flexibility index (Phi) is 23.3. The van der Waals surface area contributed by atoms with Crippen LogP contribution in [-0.2, 0) is 55.6 Å². The van der Waals surface area contributed by atoms with Crippen molar-refractivity contribution in [2.45, 2.75) is 115 Å². The number of benzene rings is 2. The average molecular weight is 839 g/mol. The molecule has 0 bridgehead atoms. The fourth-order valence-electron chi connectivity index (χ4n) is 7.49. The molecule has 2 aliphatic heterocycles. The highest BCUT2D eigenvalue weighted by atomic mass is 16.7. The molecular weight excluding hydrogens is 773 g/mol.